The van der Waals surface area contributed by atoms with Crippen LogP contribution >= 0.6 is 12.2 Å². The van der Waals surface area contributed by atoms with E-state index in [0.29, 0.717) is 5.56 Å². The first kappa shape index (κ1) is 17.8. The van der Waals surface area contributed by atoms with Crippen molar-refractivity contribution in [2.45, 2.75) is 23.7 Å². The Morgan fingerprint density at radius 2 is 1.81 bits per heavy atom. The quantitative estimate of drug-likeness (QED) is 0.583. The van der Waals surface area contributed by atoms with Crippen LogP contribution in [-0.4, -0.2) is 32.3 Å². The van der Waals surface area contributed by atoms with Crippen LogP contribution in [0.25, 0.3) is 0 Å². The summed E-state index contributed by atoms with van der Waals surface area (Å²) in [6.45, 7) is -1.68. The number of sulfonamides is 1. The summed E-state index contributed by atoms with van der Waals surface area (Å²) in [7, 11) is -4.30. The fourth-order valence-corrected chi connectivity index (χ4v) is 2.55. The highest BCUT2D eigenvalue weighted by molar-refractivity contribution is 7.89. The molecular weight excluding hydrogens is 332 g/mol. The van der Waals surface area contributed by atoms with Gasteiger partial charge in [0.15, 0.2) is 0 Å². The molecule has 0 aliphatic carbocycles. The predicted octanol–water partition coefficient (Wildman–Crippen LogP) is 1.69. The molecule has 0 spiro atoms. The van der Waals surface area contributed by atoms with Crippen LogP contribution in [0.15, 0.2) is 29.2 Å². The summed E-state index contributed by atoms with van der Waals surface area (Å²) < 4.78 is 74.1. The van der Waals surface area contributed by atoms with Crippen LogP contribution in [0.1, 0.15) is 5.56 Å². The lowest BCUT2D eigenvalue weighted by Gasteiger charge is -2.16. The zero-order chi connectivity index (χ0) is 16.3. The Bertz CT molecular complexity index is 603. The molecule has 0 unspecified atom stereocenters. The molecule has 1 rings (SSSR count). The third kappa shape index (κ3) is 5.21. The summed E-state index contributed by atoms with van der Waals surface area (Å²) in [5.41, 5.74) is 5.96. The van der Waals surface area contributed by atoms with Gasteiger partial charge in [-0.25, -0.2) is 21.9 Å². The van der Waals surface area contributed by atoms with Crippen molar-refractivity contribution in [3.8, 4) is 0 Å². The van der Waals surface area contributed by atoms with Crippen LogP contribution in [0.3, 0.4) is 0 Å². The Morgan fingerprint density at radius 3 is 2.24 bits per heavy atom. The minimum atomic E-state index is -4.43. The zero-order valence-corrected chi connectivity index (χ0v) is 12.2. The monoisotopic (exact) mass is 344 g/mol. The number of nitrogens with one attached hydrogen (secondary N) is 1. The van der Waals surface area contributed by atoms with Crippen LogP contribution in [0.5, 0.6) is 0 Å². The van der Waals surface area contributed by atoms with Gasteiger partial charge in [-0.1, -0.05) is 24.4 Å². The van der Waals surface area contributed by atoms with Crippen LogP contribution in [-0.2, 0) is 16.4 Å². The molecule has 0 radical (unpaired) electrons. The van der Waals surface area contributed by atoms with Crippen molar-refractivity contribution in [3.63, 3.8) is 0 Å². The van der Waals surface area contributed by atoms with Gasteiger partial charge in [-0.15, -0.1) is 0 Å². The zero-order valence-electron chi connectivity index (χ0n) is 10.5. The molecule has 0 aromatic heterocycles. The van der Waals surface area contributed by atoms with Crippen molar-refractivity contribution in [1.82, 2.24) is 4.72 Å². The fraction of sp³-hybridized carbons (Fsp3) is 0.364. The summed E-state index contributed by atoms with van der Waals surface area (Å²) in [5.74, 6) is -4.43. The van der Waals surface area contributed by atoms with Crippen molar-refractivity contribution >= 4 is 27.2 Å². The Hall–Kier alpha value is -1.26. The predicted molar refractivity (Wildman–Crippen MR) is 73.1 cm³/mol. The van der Waals surface area contributed by atoms with E-state index < -0.39 is 28.9 Å². The SMILES string of the molecule is NC(=S)Cc1ccc(S(=O)(=O)NCC(F)(F)C(F)F)cc1. The average molecular weight is 344 g/mol. The standard InChI is InChI=1S/C11H12F4N2O2S2/c12-10(13)11(14,15)6-17-21(18,19)8-3-1-7(2-4-8)5-9(16)20/h1-4,10,17H,5-6H2,(H2,16,20). The van der Waals surface area contributed by atoms with Gasteiger partial charge in [0.1, 0.15) is 0 Å². The molecule has 118 valence electrons. The summed E-state index contributed by atoms with van der Waals surface area (Å²) >= 11 is 4.68. The van der Waals surface area contributed by atoms with Crippen LogP contribution in [0.4, 0.5) is 17.6 Å². The van der Waals surface area contributed by atoms with Crippen LogP contribution in [0, 0.1) is 0 Å². The van der Waals surface area contributed by atoms with Gasteiger partial charge < -0.3 is 5.73 Å². The Morgan fingerprint density at radius 1 is 1.29 bits per heavy atom. The van der Waals surface area contributed by atoms with E-state index in [1.165, 1.54) is 16.9 Å². The maximum Gasteiger partial charge on any atom is 0.320 e. The van der Waals surface area contributed by atoms with Gasteiger partial charge in [0, 0.05) is 6.42 Å². The second kappa shape index (κ2) is 6.67. The highest BCUT2D eigenvalue weighted by atomic mass is 32.2. The Kier molecular flexibility index (Phi) is 5.65. The molecule has 10 heteroatoms. The highest BCUT2D eigenvalue weighted by Gasteiger charge is 2.41. The van der Waals surface area contributed by atoms with Crippen molar-refractivity contribution < 1.29 is 26.0 Å². The molecule has 21 heavy (non-hydrogen) atoms. The second-order valence-corrected chi connectivity index (χ2v) is 6.46. The smallest absolute Gasteiger partial charge is 0.320 e. The number of hydrogen-bond donors (Lipinski definition) is 2. The van der Waals surface area contributed by atoms with Gasteiger partial charge in [0.05, 0.1) is 16.4 Å². The van der Waals surface area contributed by atoms with E-state index in [9.17, 15) is 26.0 Å². The van der Waals surface area contributed by atoms with Gasteiger partial charge in [0.2, 0.25) is 10.0 Å². The number of nitrogens with two attached hydrogens (primary N) is 1. The van der Waals surface area contributed by atoms with E-state index in [-0.39, 0.29) is 16.3 Å². The third-order valence-corrected chi connectivity index (χ3v) is 3.99. The first-order chi connectivity index (χ1) is 9.54. The molecule has 0 bridgehead atoms. The number of thiocarbonyl (C=S) groups is 1. The van der Waals surface area contributed by atoms with E-state index in [1.54, 1.807) is 0 Å². The third-order valence-electron chi connectivity index (χ3n) is 2.43. The first-order valence-electron chi connectivity index (χ1n) is 5.57. The van der Waals surface area contributed by atoms with E-state index in [0.717, 1.165) is 12.1 Å². The van der Waals surface area contributed by atoms with Gasteiger partial charge in [-0.2, -0.15) is 8.78 Å². The summed E-state index contributed by atoms with van der Waals surface area (Å²) in [6, 6.07) is 5.10. The molecular formula is C11H12F4N2O2S2. The molecule has 0 atom stereocenters. The molecule has 0 amide bonds. The minimum absolute atomic E-state index is 0.209. The maximum absolute atomic E-state index is 12.7. The van der Waals surface area contributed by atoms with Crippen molar-refractivity contribution in [1.29, 1.82) is 0 Å². The van der Waals surface area contributed by atoms with Gasteiger partial charge in [0.25, 0.3) is 0 Å². The topological polar surface area (TPSA) is 72.2 Å². The largest absolute Gasteiger partial charge is 0.393 e. The maximum atomic E-state index is 12.7. The Balaban J connectivity index is 2.81. The number of benzene rings is 1. The van der Waals surface area contributed by atoms with Crippen molar-refractivity contribution in [2.75, 3.05) is 6.54 Å². The fourth-order valence-electron chi connectivity index (χ4n) is 1.34. The minimum Gasteiger partial charge on any atom is -0.393 e. The molecule has 0 saturated heterocycles. The molecule has 1 aromatic rings. The number of hydrogen-bond acceptors (Lipinski definition) is 3. The van der Waals surface area contributed by atoms with Gasteiger partial charge >= 0.3 is 12.3 Å². The molecule has 0 fully saturated rings. The normalized spacial score (nSPS) is 12.6. The van der Waals surface area contributed by atoms with E-state index >= 15 is 0 Å². The summed E-state index contributed by atoms with van der Waals surface area (Å²) in [4.78, 5) is -0.112. The summed E-state index contributed by atoms with van der Waals surface area (Å²) in [6.07, 6.45) is -3.69. The lowest BCUT2D eigenvalue weighted by atomic mass is 10.1. The number of rotatable bonds is 7. The van der Waals surface area contributed by atoms with Crippen molar-refractivity contribution in [2.24, 2.45) is 5.73 Å². The molecule has 0 saturated carbocycles. The molecule has 1 aromatic carbocycles. The molecule has 0 aliphatic heterocycles. The molecule has 0 aliphatic rings. The number of halogens is 4. The van der Waals surface area contributed by atoms with Gasteiger partial charge in [-0.05, 0) is 17.7 Å². The summed E-state index contributed by atoms with van der Waals surface area (Å²) in [5, 5.41) is 0. The number of alkyl halides is 4. The lowest BCUT2D eigenvalue weighted by molar-refractivity contribution is -0.122. The average Bonchev–Trinajstić information content (AvgIpc) is 2.36. The highest BCUT2D eigenvalue weighted by Crippen LogP contribution is 2.22. The van der Waals surface area contributed by atoms with Crippen LogP contribution in [0.2, 0.25) is 0 Å². The van der Waals surface area contributed by atoms with Crippen LogP contribution < -0.4 is 10.5 Å². The van der Waals surface area contributed by atoms with E-state index in [1.807, 2.05) is 0 Å². The lowest BCUT2D eigenvalue weighted by Crippen LogP contribution is -2.41. The molecule has 0 heterocycles. The van der Waals surface area contributed by atoms with Gasteiger partial charge in [-0.3, -0.25) is 0 Å². The van der Waals surface area contributed by atoms with E-state index in [4.69, 9.17) is 5.73 Å². The molecule has 4 nitrogen and oxygen atoms in total. The molecule has 3 N–H and O–H groups in total. The van der Waals surface area contributed by atoms with E-state index in [2.05, 4.69) is 12.2 Å². The Labute approximate surface area is 124 Å². The second-order valence-electron chi connectivity index (χ2n) is 4.17. The first-order valence-corrected chi connectivity index (χ1v) is 7.46. The van der Waals surface area contributed by atoms with Crippen molar-refractivity contribution in [3.05, 3.63) is 29.8 Å².